The summed E-state index contributed by atoms with van der Waals surface area (Å²) in [5.74, 6) is -2.58. The first-order chi connectivity index (χ1) is 16.1. The molecule has 11 heteroatoms. The van der Waals surface area contributed by atoms with Gasteiger partial charge in [-0.1, -0.05) is 23.9 Å². The summed E-state index contributed by atoms with van der Waals surface area (Å²) in [4.78, 5) is 27.5. The van der Waals surface area contributed by atoms with Crippen LogP contribution in [0.4, 0.5) is 18.9 Å². The van der Waals surface area contributed by atoms with Gasteiger partial charge in [0.25, 0.3) is 0 Å². The first-order valence-electron chi connectivity index (χ1n) is 9.95. The van der Waals surface area contributed by atoms with E-state index in [-0.39, 0.29) is 16.3 Å². The van der Waals surface area contributed by atoms with Gasteiger partial charge in [-0.25, -0.2) is 4.90 Å². The molecule has 2 aliphatic rings. The molecule has 0 saturated carbocycles. The summed E-state index contributed by atoms with van der Waals surface area (Å²) >= 11 is 0.870. The molecule has 7 nitrogen and oxygen atoms in total. The van der Waals surface area contributed by atoms with E-state index in [0.29, 0.717) is 17.1 Å². The van der Waals surface area contributed by atoms with E-state index in [2.05, 4.69) is 0 Å². The maximum atomic E-state index is 13.5. The van der Waals surface area contributed by atoms with E-state index < -0.39 is 40.6 Å². The van der Waals surface area contributed by atoms with Gasteiger partial charge in [-0.15, -0.1) is 0 Å². The smallest absolute Gasteiger partial charge is 0.416 e. The zero-order chi connectivity index (χ0) is 24.8. The van der Waals surface area contributed by atoms with Gasteiger partial charge >= 0.3 is 6.18 Å². The summed E-state index contributed by atoms with van der Waals surface area (Å²) in [6.07, 6.45) is -4.65. The number of alkyl halides is 3. The van der Waals surface area contributed by atoms with Crippen LogP contribution in [-0.4, -0.2) is 31.3 Å². The van der Waals surface area contributed by atoms with Crippen LogP contribution in [0.3, 0.4) is 0 Å². The first-order valence-corrected chi connectivity index (χ1v) is 10.8. The number of nitrogens with zero attached hydrogens (tertiary/aromatic N) is 2. The van der Waals surface area contributed by atoms with Crippen molar-refractivity contribution in [2.75, 3.05) is 19.1 Å². The number of nitrogens with two attached hydrogens (primary N) is 1. The number of halogens is 3. The minimum absolute atomic E-state index is 0.0792. The van der Waals surface area contributed by atoms with Crippen molar-refractivity contribution >= 4 is 29.3 Å². The van der Waals surface area contributed by atoms with Crippen LogP contribution < -0.4 is 20.1 Å². The number of nitriles is 1. The van der Waals surface area contributed by atoms with Crippen LogP contribution in [0.25, 0.3) is 0 Å². The summed E-state index contributed by atoms with van der Waals surface area (Å²) in [5, 5.41) is 8.89. The Kier molecular flexibility index (Phi) is 5.95. The minimum Gasteiger partial charge on any atom is -0.493 e. The van der Waals surface area contributed by atoms with Crippen LogP contribution >= 0.6 is 11.8 Å². The van der Waals surface area contributed by atoms with E-state index in [1.807, 2.05) is 6.07 Å². The number of amides is 2. The number of fused-ring (bicyclic) bond motifs is 1. The molecule has 34 heavy (non-hydrogen) atoms. The van der Waals surface area contributed by atoms with Crippen molar-refractivity contribution in [3.63, 3.8) is 0 Å². The summed E-state index contributed by atoms with van der Waals surface area (Å²) in [7, 11) is 2.88. The summed E-state index contributed by atoms with van der Waals surface area (Å²) in [6.45, 7) is 0. The lowest BCUT2D eigenvalue weighted by Crippen LogP contribution is -2.33. The highest BCUT2D eigenvalue weighted by molar-refractivity contribution is 8.04. The molecule has 0 spiro atoms. The fourth-order valence-corrected chi connectivity index (χ4v) is 5.46. The average molecular weight is 489 g/mol. The molecule has 1 fully saturated rings. The molecule has 4 rings (SSSR count). The van der Waals surface area contributed by atoms with Crippen LogP contribution in [0.15, 0.2) is 53.1 Å². The Hall–Kier alpha value is -3.65. The fourth-order valence-electron chi connectivity index (χ4n) is 4.26. The predicted octanol–water partition coefficient (Wildman–Crippen LogP) is 3.81. The second-order valence-corrected chi connectivity index (χ2v) is 8.79. The molecule has 3 atom stereocenters. The van der Waals surface area contributed by atoms with Crippen molar-refractivity contribution in [3.05, 3.63) is 64.2 Å². The quantitative estimate of drug-likeness (QED) is 0.651. The van der Waals surface area contributed by atoms with E-state index in [0.717, 1.165) is 34.9 Å². The molecule has 0 unspecified atom stereocenters. The number of ether oxygens (including phenoxy) is 2. The predicted molar refractivity (Wildman–Crippen MR) is 118 cm³/mol. The van der Waals surface area contributed by atoms with Gasteiger partial charge in [-0.3, -0.25) is 9.59 Å². The van der Waals surface area contributed by atoms with Gasteiger partial charge in [0.2, 0.25) is 11.8 Å². The van der Waals surface area contributed by atoms with E-state index in [4.69, 9.17) is 15.2 Å². The van der Waals surface area contributed by atoms with E-state index >= 15 is 0 Å². The van der Waals surface area contributed by atoms with Crippen molar-refractivity contribution in [3.8, 4) is 17.6 Å². The summed E-state index contributed by atoms with van der Waals surface area (Å²) < 4.78 is 50.3. The third-order valence-corrected chi connectivity index (χ3v) is 7.03. The normalized spacial score (nSPS) is 22.5. The third-order valence-electron chi connectivity index (χ3n) is 5.80. The highest BCUT2D eigenvalue weighted by Gasteiger charge is 2.56. The Morgan fingerprint density at radius 1 is 1.06 bits per heavy atom. The standard InChI is InChI=1S/C23H18F3N3O4S/c1-32-15-7-6-11(8-16(15)33-2)17-14(10-27)20(28)34-19-18(17)21(30)29(22(19)31)13-5-3-4-12(9-13)23(24,25)26/h3-9,17-19H,28H2,1-2H3/t17-,18-,19+/m1/s1. The van der Waals surface area contributed by atoms with Gasteiger partial charge in [0, 0.05) is 5.92 Å². The Bertz CT molecular complexity index is 1250. The number of hydrogen-bond acceptors (Lipinski definition) is 7. The van der Waals surface area contributed by atoms with Crippen molar-refractivity contribution in [2.45, 2.75) is 17.3 Å². The number of rotatable bonds is 4. The van der Waals surface area contributed by atoms with Gasteiger partial charge in [0.05, 0.1) is 48.1 Å². The lowest BCUT2D eigenvalue weighted by molar-refractivity contribution is -0.137. The molecule has 0 aliphatic carbocycles. The maximum absolute atomic E-state index is 13.5. The van der Waals surface area contributed by atoms with Gasteiger partial charge in [0.15, 0.2) is 11.5 Å². The number of imide groups is 1. The molecule has 0 bridgehead atoms. The Morgan fingerprint density at radius 2 is 1.76 bits per heavy atom. The largest absolute Gasteiger partial charge is 0.493 e. The van der Waals surface area contributed by atoms with Crippen LogP contribution in [0.5, 0.6) is 11.5 Å². The molecule has 0 radical (unpaired) electrons. The number of benzene rings is 2. The molecule has 2 N–H and O–H groups in total. The number of allylic oxidation sites excluding steroid dienone is 1. The van der Waals surface area contributed by atoms with Crippen LogP contribution in [0.2, 0.25) is 0 Å². The number of thioether (sulfide) groups is 1. The molecular weight excluding hydrogens is 471 g/mol. The van der Waals surface area contributed by atoms with Crippen LogP contribution in [-0.2, 0) is 15.8 Å². The number of anilines is 1. The molecular formula is C23H18F3N3O4S. The summed E-state index contributed by atoms with van der Waals surface area (Å²) in [6, 6.07) is 10.9. The lowest BCUT2D eigenvalue weighted by Gasteiger charge is -2.31. The summed E-state index contributed by atoms with van der Waals surface area (Å²) in [5.41, 5.74) is 5.52. The van der Waals surface area contributed by atoms with Gasteiger partial charge in [0.1, 0.15) is 5.25 Å². The second kappa shape index (κ2) is 8.61. The monoisotopic (exact) mass is 489 g/mol. The van der Waals surface area contributed by atoms with Gasteiger partial charge in [-0.2, -0.15) is 18.4 Å². The third kappa shape index (κ3) is 3.74. The zero-order valence-corrected chi connectivity index (χ0v) is 18.7. The molecule has 1 saturated heterocycles. The number of carbonyl (C=O) groups is 2. The molecule has 2 aromatic rings. The van der Waals surface area contributed by atoms with Gasteiger partial charge < -0.3 is 15.2 Å². The Balaban J connectivity index is 1.83. The lowest BCUT2D eigenvalue weighted by atomic mass is 9.79. The van der Waals surface area contributed by atoms with Crippen molar-refractivity contribution in [1.82, 2.24) is 0 Å². The molecule has 2 aromatic carbocycles. The second-order valence-electron chi connectivity index (χ2n) is 7.61. The minimum atomic E-state index is -4.65. The van der Waals surface area contributed by atoms with Gasteiger partial charge in [-0.05, 0) is 35.9 Å². The Morgan fingerprint density at radius 3 is 2.38 bits per heavy atom. The zero-order valence-electron chi connectivity index (χ0n) is 17.9. The van der Waals surface area contributed by atoms with Crippen LogP contribution in [0.1, 0.15) is 17.0 Å². The van der Waals surface area contributed by atoms with Crippen molar-refractivity contribution in [2.24, 2.45) is 11.7 Å². The molecule has 2 aliphatic heterocycles. The number of carbonyl (C=O) groups excluding carboxylic acids is 2. The van der Waals surface area contributed by atoms with E-state index in [9.17, 15) is 28.0 Å². The van der Waals surface area contributed by atoms with Crippen molar-refractivity contribution in [1.29, 1.82) is 5.26 Å². The molecule has 0 aromatic heterocycles. The van der Waals surface area contributed by atoms with E-state index in [1.54, 1.807) is 18.2 Å². The van der Waals surface area contributed by atoms with E-state index in [1.165, 1.54) is 20.3 Å². The number of methoxy groups -OCH3 is 2. The molecule has 2 amide bonds. The SMILES string of the molecule is COc1ccc([C@@H]2C(C#N)=C(N)S[C@@H]3C(=O)N(c4cccc(C(F)(F)F)c4)C(=O)[C@@H]32)cc1OC. The topological polar surface area (TPSA) is 106 Å². The Labute approximate surface area is 196 Å². The van der Waals surface area contributed by atoms with Crippen LogP contribution in [0, 0.1) is 17.2 Å². The molecule has 2 heterocycles. The number of hydrogen-bond donors (Lipinski definition) is 1. The fraction of sp³-hybridized carbons (Fsp3) is 0.261. The van der Waals surface area contributed by atoms with Crippen molar-refractivity contribution < 1.29 is 32.2 Å². The molecule has 176 valence electrons. The highest BCUT2D eigenvalue weighted by atomic mass is 32.2. The average Bonchev–Trinajstić information content (AvgIpc) is 3.06. The highest BCUT2D eigenvalue weighted by Crippen LogP contribution is 2.51. The first kappa shape index (κ1) is 23.5. The maximum Gasteiger partial charge on any atom is 0.416 e.